The molecule has 5 nitrogen and oxygen atoms in total. The molecule has 0 amide bonds. The van der Waals surface area contributed by atoms with Crippen LogP contribution in [0.4, 0.5) is 0 Å². The first kappa shape index (κ1) is 20.1. The highest BCUT2D eigenvalue weighted by atomic mass is 32.1. The van der Waals surface area contributed by atoms with Gasteiger partial charge in [0.05, 0.1) is 6.54 Å². The molecule has 3 rings (SSSR count). The van der Waals surface area contributed by atoms with E-state index in [-0.39, 0.29) is 0 Å². The second-order valence-electron chi connectivity index (χ2n) is 6.85. The number of imidazole rings is 1. The smallest absolute Gasteiger partial charge is 0.191 e. The number of nitrogens with one attached hydrogen (secondary N) is 2. The summed E-state index contributed by atoms with van der Waals surface area (Å²) in [6, 6.07) is 14.9. The summed E-state index contributed by atoms with van der Waals surface area (Å²) in [7, 11) is 1.80. The van der Waals surface area contributed by atoms with E-state index in [1.807, 2.05) is 6.20 Å². The molecule has 0 saturated carbocycles. The number of aromatic nitrogens is 2. The fourth-order valence-electron chi connectivity index (χ4n) is 3.11. The molecule has 2 heterocycles. The first-order valence-electron chi connectivity index (χ1n) is 9.78. The van der Waals surface area contributed by atoms with E-state index in [0.717, 1.165) is 37.7 Å². The van der Waals surface area contributed by atoms with Crippen LogP contribution in [0.3, 0.4) is 0 Å². The summed E-state index contributed by atoms with van der Waals surface area (Å²) in [4.78, 5) is 10.2. The Morgan fingerprint density at radius 2 is 2.04 bits per heavy atom. The summed E-state index contributed by atoms with van der Waals surface area (Å²) in [6.07, 6.45) is 6.10. The van der Waals surface area contributed by atoms with Crippen LogP contribution in [0.5, 0.6) is 0 Å². The maximum Gasteiger partial charge on any atom is 0.191 e. The fourth-order valence-corrected chi connectivity index (χ4v) is 3.90. The van der Waals surface area contributed by atoms with Crippen molar-refractivity contribution < 1.29 is 0 Å². The van der Waals surface area contributed by atoms with E-state index in [4.69, 9.17) is 0 Å². The molecular formula is C22H29N5S. The molecule has 28 heavy (non-hydrogen) atoms. The van der Waals surface area contributed by atoms with Gasteiger partial charge in [-0.3, -0.25) is 4.99 Å². The van der Waals surface area contributed by atoms with E-state index in [9.17, 15) is 0 Å². The van der Waals surface area contributed by atoms with Crippen LogP contribution in [0.25, 0.3) is 0 Å². The third-order valence-electron chi connectivity index (χ3n) is 4.75. The van der Waals surface area contributed by atoms with E-state index in [1.54, 1.807) is 18.4 Å². The molecule has 0 aliphatic rings. The minimum Gasteiger partial charge on any atom is -0.356 e. The maximum absolute atomic E-state index is 4.50. The molecule has 1 atom stereocenters. The first-order chi connectivity index (χ1) is 13.8. The molecule has 0 aliphatic carbocycles. The number of hydrogen-bond donors (Lipinski definition) is 2. The lowest BCUT2D eigenvalue weighted by atomic mass is 10.1. The minimum atomic E-state index is 0.457. The topological polar surface area (TPSA) is 54.2 Å². The average molecular weight is 396 g/mol. The van der Waals surface area contributed by atoms with Gasteiger partial charge >= 0.3 is 0 Å². The monoisotopic (exact) mass is 395 g/mol. The van der Waals surface area contributed by atoms with Crippen molar-refractivity contribution in [2.24, 2.45) is 4.99 Å². The molecule has 0 saturated heterocycles. The maximum atomic E-state index is 4.50. The van der Waals surface area contributed by atoms with Crippen molar-refractivity contribution in [1.29, 1.82) is 0 Å². The Labute approximate surface area is 171 Å². The van der Waals surface area contributed by atoms with Gasteiger partial charge in [0.25, 0.3) is 0 Å². The predicted molar refractivity (Wildman–Crippen MR) is 118 cm³/mol. The molecule has 0 spiro atoms. The molecule has 148 valence electrons. The number of aryl methyl sites for hydroxylation is 2. The van der Waals surface area contributed by atoms with Crippen molar-refractivity contribution in [1.82, 2.24) is 20.2 Å². The van der Waals surface area contributed by atoms with Gasteiger partial charge in [0.15, 0.2) is 5.96 Å². The molecule has 1 aromatic carbocycles. The number of hydrogen-bond acceptors (Lipinski definition) is 3. The number of thiophene rings is 1. The Bertz CT molecular complexity index is 839. The minimum absolute atomic E-state index is 0.457. The molecule has 0 bridgehead atoms. The van der Waals surface area contributed by atoms with E-state index >= 15 is 0 Å². The Balaban J connectivity index is 1.44. The molecule has 0 aliphatic heterocycles. The summed E-state index contributed by atoms with van der Waals surface area (Å²) >= 11 is 1.80. The van der Waals surface area contributed by atoms with E-state index in [0.29, 0.717) is 12.5 Å². The molecule has 2 aromatic heterocycles. The molecule has 0 radical (unpaired) electrons. The summed E-state index contributed by atoms with van der Waals surface area (Å²) in [5, 5.41) is 8.91. The van der Waals surface area contributed by atoms with Gasteiger partial charge in [0.1, 0.15) is 5.82 Å². The molecule has 1 unspecified atom stereocenters. The lowest BCUT2D eigenvalue weighted by Gasteiger charge is -2.15. The molecule has 3 aromatic rings. The SMILES string of the molecule is CN=C(NCc1nccn1CCCc1ccccc1)NCC(C)c1cccs1. The summed E-state index contributed by atoms with van der Waals surface area (Å²) in [5.41, 5.74) is 1.38. The number of rotatable bonds is 9. The third kappa shape index (κ3) is 5.96. The van der Waals surface area contributed by atoms with Crippen LogP contribution in [0, 0.1) is 0 Å². The van der Waals surface area contributed by atoms with Crippen LogP contribution in [0.1, 0.15) is 35.5 Å². The zero-order chi connectivity index (χ0) is 19.6. The van der Waals surface area contributed by atoms with E-state index < -0.39 is 0 Å². The van der Waals surface area contributed by atoms with Crippen molar-refractivity contribution in [3.8, 4) is 0 Å². The highest BCUT2D eigenvalue weighted by molar-refractivity contribution is 7.10. The standard InChI is InChI=1S/C22H29N5S/c1-18(20-11-7-15-28-20)16-25-22(23-2)26-17-21-24-12-14-27(21)13-6-10-19-8-4-3-5-9-19/h3-5,7-9,11-12,14-15,18H,6,10,13,16-17H2,1-2H3,(H2,23,25,26). The normalized spacial score (nSPS) is 12.7. The zero-order valence-electron chi connectivity index (χ0n) is 16.6. The Morgan fingerprint density at radius 3 is 2.79 bits per heavy atom. The predicted octanol–water partition coefficient (Wildman–Crippen LogP) is 4.05. The second-order valence-corrected chi connectivity index (χ2v) is 7.83. The molecule has 2 N–H and O–H groups in total. The summed E-state index contributed by atoms with van der Waals surface area (Å²) in [6.45, 7) is 4.70. The van der Waals surface area contributed by atoms with Crippen LogP contribution < -0.4 is 10.6 Å². The van der Waals surface area contributed by atoms with Gasteiger partial charge in [0, 0.05) is 43.3 Å². The van der Waals surface area contributed by atoms with Crippen LogP contribution in [0.2, 0.25) is 0 Å². The average Bonchev–Trinajstić information content (AvgIpc) is 3.41. The number of benzene rings is 1. The largest absolute Gasteiger partial charge is 0.356 e. The molecule has 6 heteroatoms. The molecular weight excluding hydrogens is 366 g/mol. The lowest BCUT2D eigenvalue weighted by molar-refractivity contribution is 0.599. The van der Waals surface area contributed by atoms with Gasteiger partial charge in [-0.05, 0) is 29.9 Å². The second kappa shape index (κ2) is 10.7. The highest BCUT2D eigenvalue weighted by Gasteiger charge is 2.08. The Kier molecular flexibility index (Phi) is 7.67. The first-order valence-corrected chi connectivity index (χ1v) is 10.7. The van der Waals surface area contributed by atoms with Gasteiger partial charge in [-0.2, -0.15) is 0 Å². The Hall–Kier alpha value is -2.60. The van der Waals surface area contributed by atoms with Gasteiger partial charge in [-0.15, -0.1) is 11.3 Å². The molecule has 0 fully saturated rings. The summed E-state index contributed by atoms with van der Waals surface area (Å²) in [5.74, 6) is 2.29. The number of nitrogens with zero attached hydrogens (tertiary/aromatic N) is 3. The van der Waals surface area contributed by atoms with Gasteiger partial charge in [-0.1, -0.05) is 43.3 Å². The van der Waals surface area contributed by atoms with Crippen LogP contribution >= 0.6 is 11.3 Å². The fraction of sp³-hybridized carbons (Fsp3) is 0.364. The van der Waals surface area contributed by atoms with Crippen LogP contribution in [-0.2, 0) is 19.5 Å². The summed E-state index contributed by atoms with van der Waals surface area (Å²) < 4.78 is 2.22. The zero-order valence-corrected chi connectivity index (χ0v) is 17.5. The van der Waals surface area contributed by atoms with Crippen molar-refractivity contribution in [2.75, 3.05) is 13.6 Å². The van der Waals surface area contributed by atoms with E-state index in [1.165, 1.54) is 10.4 Å². The van der Waals surface area contributed by atoms with Crippen LogP contribution in [0.15, 0.2) is 65.2 Å². The van der Waals surface area contributed by atoms with Gasteiger partial charge < -0.3 is 15.2 Å². The van der Waals surface area contributed by atoms with Crippen molar-refractivity contribution >= 4 is 17.3 Å². The van der Waals surface area contributed by atoms with E-state index in [2.05, 4.69) is 86.1 Å². The quantitative estimate of drug-likeness (QED) is 0.425. The lowest BCUT2D eigenvalue weighted by Crippen LogP contribution is -2.39. The third-order valence-corrected chi connectivity index (χ3v) is 5.85. The van der Waals surface area contributed by atoms with Crippen LogP contribution in [-0.4, -0.2) is 29.1 Å². The van der Waals surface area contributed by atoms with Gasteiger partial charge in [-0.25, -0.2) is 4.98 Å². The number of guanidine groups is 1. The Morgan fingerprint density at radius 1 is 1.18 bits per heavy atom. The van der Waals surface area contributed by atoms with Crippen molar-refractivity contribution in [2.45, 2.75) is 38.8 Å². The highest BCUT2D eigenvalue weighted by Crippen LogP contribution is 2.19. The number of aliphatic imine (C=N–C) groups is 1. The van der Waals surface area contributed by atoms with Gasteiger partial charge in [0.2, 0.25) is 0 Å². The van der Waals surface area contributed by atoms with Crippen molar-refractivity contribution in [3.63, 3.8) is 0 Å². The van der Waals surface area contributed by atoms with Crippen molar-refractivity contribution in [3.05, 3.63) is 76.5 Å².